The van der Waals surface area contributed by atoms with E-state index >= 15 is 0 Å². The molecule has 0 fully saturated rings. The van der Waals surface area contributed by atoms with Gasteiger partial charge in [0.25, 0.3) is 0 Å². The molecule has 0 aromatic carbocycles. The number of thiophene rings is 1. The van der Waals surface area contributed by atoms with Gasteiger partial charge < -0.3 is 10.3 Å². The summed E-state index contributed by atoms with van der Waals surface area (Å²) in [4.78, 5) is 5.13. The fraction of sp³-hybridized carbons (Fsp3) is 0.200. The summed E-state index contributed by atoms with van der Waals surface area (Å²) in [5.41, 5.74) is 5.76. The third-order valence-corrected chi connectivity index (χ3v) is 3.51. The first-order valence-corrected chi connectivity index (χ1v) is 6.10. The van der Waals surface area contributed by atoms with E-state index in [1.165, 1.54) is 11.3 Å². The van der Waals surface area contributed by atoms with Gasteiger partial charge in [0, 0.05) is 6.42 Å². The lowest BCUT2D eigenvalue weighted by Crippen LogP contribution is -2.09. The second kappa shape index (κ2) is 4.78. The summed E-state index contributed by atoms with van der Waals surface area (Å²) in [5, 5.41) is 3.86. The van der Waals surface area contributed by atoms with Crippen LogP contribution in [0, 0.1) is 12.3 Å². The Balaban J connectivity index is 2.23. The molecule has 0 saturated heterocycles. The van der Waals surface area contributed by atoms with Crippen molar-refractivity contribution in [3.05, 3.63) is 21.8 Å². The van der Waals surface area contributed by atoms with Crippen molar-refractivity contribution in [3.8, 4) is 23.0 Å². The van der Waals surface area contributed by atoms with Crippen molar-refractivity contribution in [2.45, 2.75) is 12.5 Å². The van der Waals surface area contributed by atoms with Crippen molar-refractivity contribution < 1.29 is 4.52 Å². The fourth-order valence-corrected chi connectivity index (χ4v) is 2.45. The summed E-state index contributed by atoms with van der Waals surface area (Å²) in [5.74, 6) is 3.37. The molecule has 0 aliphatic heterocycles. The molecule has 0 amide bonds. The van der Waals surface area contributed by atoms with Crippen LogP contribution in [-0.2, 0) is 0 Å². The molecule has 0 aliphatic carbocycles. The summed E-state index contributed by atoms with van der Waals surface area (Å²) in [7, 11) is 0. The number of hydrogen-bond acceptors (Lipinski definition) is 5. The molecule has 6 heteroatoms. The zero-order valence-electron chi connectivity index (χ0n) is 8.18. The molecule has 16 heavy (non-hydrogen) atoms. The Labute approximate surface area is 105 Å². The summed E-state index contributed by atoms with van der Waals surface area (Å²) in [6, 6.07) is 3.45. The molecule has 4 nitrogen and oxygen atoms in total. The van der Waals surface area contributed by atoms with Gasteiger partial charge >= 0.3 is 0 Å². The molecule has 2 aromatic rings. The summed E-state index contributed by atoms with van der Waals surface area (Å²) >= 11 is 4.90. The van der Waals surface area contributed by atoms with Crippen molar-refractivity contribution in [1.82, 2.24) is 10.1 Å². The Kier molecular flexibility index (Phi) is 3.39. The van der Waals surface area contributed by atoms with E-state index in [1.54, 1.807) is 0 Å². The van der Waals surface area contributed by atoms with Crippen LogP contribution in [0.4, 0.5) is 0 Å². The third-order valence-electron chi connectivity index (χ3n) is 1.89. The molecule has 0 radical (unpaired) electrons. The number of halogens is 1. The van der Waals surface area contributed by atoms with Crippen molar-refractivity contribution in [2.24, 2.45) is 5.73 Å². The van der Waals surface area contributed by atoms with E-state index in [2.05, 4.69) is 32.0 Å². The van der Waals surface area contributed by atoms with E-state index < -0.39 is 6.04 Å². The zero-order chi connectivity index (χ0) is 11.5. The first-order valence-electron chi connectivity index (χ1n) is 4.49. The lowest BCUT2D eigenvalue weighted by molar-refractivity contribution is 0.357. The Hall–Kier alpha value is -1.16. The van der Waals surface area contributed by atoms with Crippen molar-refractivity contribution in [3.63, 3.8) is 0 Å². The zero-order valence-corrected chi connectivity index (χ0v) is 10.6. The molecule has 0 aliphatic rings. The summed E-state index contributed by atoms with van der Waals surface area (Å²) in [6.07, 6.45) is 5.55. The highest BCUT2D eigenvalue weighted by atomic mass is 79.9. The molecule has 0 bridgehead atoms. The van der Waals surface area contributed by atoms with Gasteiger partial charge in [-0.3, -0.25) is 0 Å². The maximum absolute atomic E-state index is 5.76. The van der Waals surface area contributed by atoms with Crippen molar-refractivity contribution in [1.29, 1.82) is 0 Å². The van der Waals surface area contributed by atoms with Crippen LogP contribution < -0.4 is 5.73 Å². The molecule has 2 aromatic heterocycles. The van der Waals surface area contributed by atoms with Crippen LogP contribution in [0.1, 0.15) is 18.4 Å². The molecule has 1 atom stereocenters. The van der Waals surface area contributed by atoms with E-state index in [0.717, 1.165) is 8.66 Å². The molecule has 2 N–H and O–H groups in total. The predicted octanol–water partition coefficient (Wildman–Crippen LogP) is 2.58. The number of hydrogen-bond donors (Lipinski definition) is 1. The normalized spacial score (nSPS) is 12.3. The number of aromatic nitrogens is 2. The molecular formula is C10H8BrN3OS. The molecule has 2 heterocycles. The molecule has 2 rings (SSSR count). The minimum Gasteiger partial charge on any atom is -0.337 e. The van der Waals surface area contributed by atoms with Crippen LogP contribution in [0.3, 0.4) is 0 Å². The smallest absolute Gasteiger partial charge is 0.244 e. The van der Waals surface area contributed by atoms with Gasteiger partial charge in [0.2, 0.25) is 11.7 Å². The van der Waals surface area contributed by atoms with Gasteiger partial charge in [0.1, 0.15) is 0 Å². The quantitative estimate of drug-likeness (QED) is 0.885. The van der Waals surface area contributed by atoms with E-state index in [-0.39, 0.29) is 0 Å². The number of rotatable bonds is 3. The topological polar surface area (TPSA) is 64.9 Å². The van der Waals surface area contributed by atoms with Gasteiger partial charge in [-0.15, -0.1) is 23.7 Å². The van der Waals surface area contributed by atoms with Crippen LogP contribution in [-0.4, -0.2) is 10.1 Å². The minimum atomic E-state index is -0.394. The van der Waals surface area contributed by atoms with Crippen LogP contribution in [0.25, 0.3) is 10.7 Å². The van der Waals surface area contributed by atoms with Crippen molar-refractivity contribution in [2.75, 3.05) is 0 Å². The second-order valence-corrected chi connectivity index (χ2v) is 5.54. The summed E-state index contributed by atoms with van der Waals surface area (Å²) in [6.45, 7) is 0. The van der Waals surface area contributed by atoms with Crippen LogP contribution in [0.15, 0.2) is 20.4 Å². The van der Waals surface area contributed by atoms with Crippen LogP contribution in [0.2, 0.25) is 0 Å². The lowest BCUT2D eigenvalue weighted by atomic mass is 10.2. The Morgan fingerprint density at radius 2 is 2.44 bits per heavy atom. The molecule has 0 saturated carbocycles. The highest BCUT2D eigenvalue weighted by Crippen LogP contribution is 2.29. The van der Waals surface area contributed by atoms with Crippen LogP contribution in [0.5, 0.6) is 0 Å². The highest BCUT2D eigenvalue weighted by Gasteiger charge is 2.15. The third kappa shape index (κ3) is 2.32. The SMILES string of the molecule is C#CCC(N)c1nc(-c2ccc(Br)s2)no1. The number of nitrogens with zero attached hydrogens (tertiary/aromatic N) is 2. The lowest BCUT2D eigenvalue weighted by Gasteiger charge is -1.98. The molecular weight excluding hydrogens is 290 g/mol. The van der Waals surface area contributed by atoms with Gasteiger partial charge in [0.05, 0.1) is 14.7 Å². The Morgan fingerprint density at radius 1 is 1.62 bits per heavy atom. The van der Waals surface area contributed by atoms with Gasteiger partial charge in [-0.1, -0.05) is 5.16 Å². The van der Waals surface area contributed by atoms with Gasteiger partial charge in [-0.05, 0) is 28.1 Å². The average molecular weight is 298 g/mol. The maximum Gasteiger partial charge on any atom is 0.244 e. The van der Waals surface area contributed by atoms with Gasteiger partial charge in [-0.25, -0.2) is 0 Å². The average Bonchev–Trinajstić information content (AvgIpc) is 2.85. The van der Waals surface area contributed by atoms with Gasteiger partial charge in [-0.2, -0.15) is 4.98 Å². The maximum atomic E-state index is 5.76. The predicted molar refractivity (Wildman–Crippen MR) is 65.7 cm³/mol. The second-order valence-electron chi connectivity index (χ2n) is 3.07. The largest absolute Gasteiger partial charge is 0.337 e. The van der Waals surface area contributed by atoms with E-state index in [9.17, 15) is 0 Å². The molecule has 82 valence electrons. The van der Waals surface area contributed by atoms with Gasteiger partial charge in [0.15, 0.2) is 0 Å². The monoisotopic (exact) mass is 297 g/mol. The highest BCUT2D eigenvalue weighted by molar-refractivity contribution is 9.11. The standard InChI is InChI=1S/C10H8BrN3OS/c1-2-3-6(12)10-13-9(14-15-10)7-4-5-8(11)16-7/h1,4-6H,3,12H2. The first kappa shape index (κ1) is 11.3. The number of terminal acetylenes is 1. The number of nitrogens with two attached hydrogens (primary N) is 1. The molecule has 0 spiro atoms. The Bertz CT molecular complexity index is 528. The van der Waals surface area contributed by atoms with Crippen LogP contribution >= 0.6 is 27.3 Å². The molecule has 1 unspecified atom stereocenters. The van der Waals surface area contributed by atoms with E-state index in [4.69, 9.17) is 16.7 Å². The summed E-state index contributed by atoms with van der Waals surface area (Å²) < 4.78 is 6.07. The first-order chi connectivity index (χ1) is 7.70. The van der Waals surface area contributed by atoms with E-state index in [0.29, 0.717) is 18.1 Å². The van der Waals surface area contributed by atoms with Crippen molar-refractivity contribution >= 4 is 27.3 Å². The minimum absolute atomic E-state index is 0.373. The van der Waals surface area contributed by atoms with E-state index in [1.807, 2.05) is 12.1 Å². The Morgan fingerprint density at radius 3 is 3.06 bits per heavy atom. The fourth-order valence-electron chi connectivity index (χ4n) is 1.13.